The number of rotatable bonds is 3. The molecule has 1 unspecified atom stereocenters. The molecule has 90 valence electrons. The van der Waals surface area contributed by atoms with Crippen molar-refractivity contribution in [3.8, 4) is 0 Å². The van der Waals surface area contributed by atoms with Crippen molar-refractivity contribution in [2.24, 2.45) is 0 Å². The largest absolute Gasteiger partial charge is 0.361 e. The first-order valence-corrected chi connectivity index (χ1v) is 6.50. The molecule has 0 fully saturated rings. The second kappa shape index (κ2) is 4.98. The summed E-state index contributed by atoms with van der Waals surface area (Å²) in [6.45, 7) is 5.77. The van der Waals surface area contributed by atoms with Gasteiger partial charge in [0, 0.05) is 17.1 Å². The van der Waals surface area contributed by atoms with Gasteiger partial charge in [-0.1, -0.05) is 11.6 Å². The minimum Gasteiger partial charge on any atom is -0.361 e. The summed E-state index contributed by atoms with van der Waals surface area (Å²) < 4.78 is 0. The zero-order valence-corrected chi connectivity index (χ0v) is 11.4. The third-order valence-electron chi connectivity index (χ3n) is 2.37. The topological polar surface area (TPSA) is 50.7 Å². The molecule has 0 radical (unpaired) electrons. The van der Waals surface area contributed by atoms with Crippen molar-refractivity contribution < 1.29 is 0 Å². The molecule has 0 amide bonds. The van der Waals surface area contributed by atoms with Gasteiger partial charge in [0.05, 0.1) is 6.04 Å². The molecular weight excluding hydrogens is 256 g/mol. The van der Waals surface area contributed by atoms with Crippen LogP contribution in [0.2, 0.25) is 5.15 Å². The van der Waals surface area contributed by atoms with Crippen LogP contribution in [0.3, 0.4) is 0 Å². The second-order valence-electron chi connectivity index (χ2n) is 3.77. The molecule has 17 heavy (non-hydrogen) atoms. The van der Waals surface area contributed by atoms with E-state index in [1.54, 1.807) is 17.5 Å². The highest BCUT2D eigenvalue weighted by atomic mass is 35.5. The summed E-state index contributed by atoms with van der Waals surface area (Å²) in [5.41, 5.74) is 0.862. The smallest absolute Gasteiger partial charge is 0.137 e. The summed E-state index contributed by atoms with van der Waals surface area (Å²) in [5, 5.41) is 6.78. The molecule has 4 nitrogen and oxygen atoms in total. The Morgan fingerprint density at radius 1 is 1.35 bits per heavy atom. The maximum Gasteiger partial charge on any atom is 0.137 e. The Labute approximate surface area is 109 Å². The standard InChI is InChI=1S/C11H13ClN4S/c1-6-9(12)15-8(3)16-10(6)14-7(2)11-13-4-5-17-11/h4-5,7H,1-3H3,(H,14,15,16). The number of anilines is 1. The number of aryl methyl sites for hydroxylation is 1. The number of nitrogens with one attached hydrogen (secondary N) is 1. The first-order chi connectivity index (χ1) is 8.08. The summed E-state index contributed by atoms with van der Waals surface area (Å²) in [4.78, 5) is 12.7. The highest BCUT2D eigenvalue weighted by Gasteiger charge is 2.12. The Balaban J connectivity index is 2.24. The molecule has 0 aliphatic rings. The van der Waals surface area contributed by atoms with Gasteiger partial charge in [0.25, 0.3) is 0 Å². The van der Waals surface area contributed by atoms with Crippen molar-refractivity contribution in [2.45, 2.75) is 26.8 Å². The van der Waals surface area contributed by atoms with Crippen LogP contribution >= 0.6 is 22.9 Å². The molecule has 0 spiro atoms. The van der Waals surface area contributed by atoms with Crippen LogP contribution in [0.5, 0.6) is 0 Å². The van der Waals surface area contributed by atoms with Crippen LogP contribution in [-0.4, -0.2) is 15.0 Å². The van der Waals surface area contributed by atoms with Gasteiger partial charge in [-0.2, -0.15) is 0 Å². The molecule has 1 atom stereocenters. The van der Waals surface area contributed by atoms with Gasteiger partial charge in [-0.3, -0.25) is 0 Å². The van der Waals surface area contributed by atoms with Crippen molar-refractivity contribution in [1.82, 2.24) is 15.0 Å². The summed E-state index contributed by atoms with van der Waals surface area (Å²) in [5.74, 6) is 1.43. The van der Waals surface area contributed by atoms with Crippen LogP contribution in [0.4, 0.5) is 5.82 Å². The predicted octanol–water partition coefficient (Wildman–Crippen LogP) is 3.38. The molecule has 0 bridgehead atoms. The lowest BCUT2D eigenvalue weighted by molar-refractivity contribution is 0.850. The van der Waals surface area contributed by atoms with E-state index in [-0.39, 0.29) is 6.04 Å². The SMILES string of the molecule is Cc1nc(Cl)c(C)c(NC(C)c2nccs2)n1. The molecule has 2 aromatic heterocycles. The molecule has 0 saturated heterocycles. The second-order valence-corrected chi connectivity index (χ2v) is 5.06. The number of aromatic nitrogens is 3. The Kier molecular flexibility index (Phi) is 3.59. The Morgan fingerprint density at radius 3 is 2.76 bits per heavy atom. The van der Waals surface area contributed by atoms with Crippen LogP contribution in [0, 0.1) is 13.8 Å². The van der Waals surface area contributed by atoms with Crippen molar-refractivity contribution in [3.05, 3.63) is 33.1 Å². The van der Waals surface area contributed by atoms with E-state index in [1.807, 2.05) is 26.2 Å². The molecular formula is C11H13ClN4S. The van der Waals surface area contributed by atoms with Gasteiger partial charge in [0.1, 0.15) is 21.8 Å². The Morgan fingerprint density at radius 2 is 2.12 bits per heavy atom. The molecule has 0 aromatic carbocycles. The summed E-state index contributed by atoms with van der Waals surface area (Å²) in [7, 11) is 0. The minimum atomic E-state index is 0.110. The van der Waals surface area contributed by atoms with E-state index in [9.17, 15) is 0 Å². The van der Waals surface area contributed by atoms with Gasteiger partial charge in [-0.25, -0.2) is 15.0 Å². The van der Waals surface area contributed by atoms with Crippen molar-refractivity contribution >= 4 is 28.8 Å². The highest BCUT2D eigenvalue weighted by Crippen LogP contribution is 2.24. The van der Waals surface area contributed by atoms with Gasteiger partial charge in [-0.15, -0.1) is 11.3 Å². The molecule has 0 aliphatic carbocycles. The van der Waals surface area contributed by atoms with Crippen molar-refractivity contribution in [2.75, 3.05) is 5.32 Å². The van der Waals surface area contributed by atoms with Gasteiger partial charge in [-0.05, 0) is 20.8 Å². The molecule has 0 saturated carbocycles. The quantitative estimate of drug-likeness (QED) is 0.867. The highest BCUT2D eigenvalue weighted by molar-refractivity contribution is 7.09. The average Bonchev–Trinajstić information content (AvgIpc) is 2.78. The summed E-state index contributed by atoms with van der Waals surface area (Å²) >= 11 is 7.64. The van der Waals surface area contributed by atoms with E-state index >= 15 is 0 Å². The monoisotopic (exact) mass is 268 g/mol. The number of halogens is 1. The molecule has 2 heterocycles. The third-order valence-corrected chi connectivity index (χ3v) is 3.70. The Hall–Kier alpha value is -1.20. The summed E-state index contributed by atoms with van der Waals surface area (Å²) in [6, 6.07) is 0.110. The minimum absolute atomic E-state index is 0.110. The third kappa shape index (κ3) is 2.73. The van der Waals surface area contributed by atoms with Gasteiger partial charge in [0.2, 0.25) is 0 Å². The fourth-order valence-electron chi connectivity index (χ4n) is 1.45. The number of nitrogens with zero attached hydrogens (tertiary/aromatic N) is 3. The van der Waals surface area contributed by atoms with E-state index < -0.39 is 0 Å². The number of thiazole rings is 1. The van der Waals surface area contributed by atoms with Crippen LogP contribution < -0.4 is 5.32 Å². The van der Waals surface area contributed by atoms with E-state index in [0.29, 0.717) is 11.0 Å². The first kappa shape index (κ1) is 12.3. The molecule has 6 heteroatoms. The van der Waals surface area contributed by atoms with E-state index in [0.717, 1.165) is 16.4 Å². The molecule has 1 N–H and O–H groups in total. The fraction of sp³-hybridized carbons (Fsp3) is 0.364. The lowest BCUT2D eigenvalue weighted by Gasteiger charge is -2.14. The van der Waals surface area contributed by atoms with Crippen molar-refractivity contribution in [3.63, 3.8) is 0 Å². The van der Waals surface area contributed by atoms with Gasteiger partial charge in [0.15, 0.2) is 0 Å². The number of hydrogen-bond acceptors (Lipinski definition) is 5. The van der Waals surface area contributed by atoms with Crippen LogP contribution in [0.25, 0.3) is 0 Å². The van der Waals surface area contributed by atoms with Crippen LogP contribution in [0.15, 0.2) is 11.6 Å². The zero-order valence-electron chi connectivity index (χ0n) is 9.86. The lowest BCUT2D eigenvalue weighted by atomic mass is 10.3. The van der Waals surface area contributed by atoms with Gasteiger partial charge < -0.3 is 5.32 Å². The average molecular weight is 269 g/mol. The predicted molar refractivity (Wildman–Crippen MR) is 70.7 cm³/mol. The maximum absolute atomic E-state index is 6.02. The summed E-state index contributed by atoms with van der Waals surface area (Å²) in [6.07, 6.45) is 1.79. The first-order valence-electron chi connectivity index (χ1n) is 5.24. The fourth-order valence-corrected chi connectivity index (χ4v) is 2.31. The number of hydrogen-bond donors (Lipinski definition) is 1. The lowest BCUT2D eigenvalue weighted by Crippen LogP contribution is -2.10. The molecule has 2 rings (SSSR count). The van der Waals surface area contributed by atoms with Gasteiger partial charge >= 0.3 is 0 Å². The van der Waals surface area contributed by atoms with E-state index in [4.69, 9.17) is 11.6 Å². The van der Waals surface area contributed by atoms with Crippen LogP contribution in [0.1, 0.15) is 29.4 Å². The maximum atomic E-state index is 6.02. The zero-order chi connectivity index (χ0) is 12.4. The van der Waals surface area contributed by atoms with Crippen LogP contribution in [-0.2, 0) is 0 Å². The molecule has 2 aromatic rings. The normalized spacial score (nSPS) is 12.5. The van der Waals surface area contributed by atoms with E-state index in [1.165, 1.54) is 0 Å². The van der Waals surface area contributed by atoms with E-state index in [2.05, 4.69) is 20.3 Å². The molecule has 0 aliphatic heterocycles. The Bertz CT molecular complexity index is 512. The van der Waals surface area contributed by atoms with Crippen molar-refractivity contribution in [1.29, 1.82) is 0 Å².